The number of sulfonamides is 2. The molecule has 0 radical (unpaired) electrons. The van der Waals surface area contributed by atoms with Crippen molar-refractivity contribution in [3.63, 3.8) is 0 Å². The summed E-state index contributed by atoms with van der Waals surface area (Å²) in [6.45, 7) is 1.90. The Hall–Kier alpha value is -2.20. The minimum Gasteiger partial charge on any atom is -0.280 e. The molecule has 10 heteroatoms. The van der Waals surface area contributed by atoms with Crippen LogP contribution in [-0.4, -0.2) is 28.4 Å². The summed E-state index contributed by atoms with van der Waals surface area (Å²) in [4.78, 5) is 3.92. The second kappa shape index (κ2) is 7.43. The lowest BCUT2D eigenvalue weighted by molar-refractivity contribution is 0.583. The molecule has 0 atom stereocenters. The maximum absolute atomic E-state index is 12.6. The van der Waals surface area contributed by atoms with E-state index in [9.17, 15) is 16.8 Å². The number of nitrogens with zero attached hydrogens (tertiary/aromatic N) is 1. The lowest BCUT2D eigenvalue weighted by Gasteiger charge is -2.10. The van der Waals surface area contributed by atoms with Crippen LogP contribution in [0.3, 0.4) is 0 Å². The summed E-state index contributed by atoms with van der Waals surface area (Å²) in [6, 6.07) is 11.6. The SMILES string of the molecule is CCNS(=O)(=O)c1ccc(S(=O)(=O)Nc2ccc3c(Cl)nccc3c2)cc1. The Labute approximate surface area is 162 Å². The first-order valence-electron chi connectivity index (χ1n) is 7.90. The van der Waals surface area contributed by atoms with E-state index in [-0.39, 0.29) is 16.3 Å². The van der Waals surface area contributed by atoms with Crippen LogP contribution < -0.4 is 9.44 Å². The summed E-state index contributed by atoms with van der Waals surface area (Å²) >= 11 is 6.01. The highest BCUT2D eigenvalue weighted by atomic mass is 35.5. The van der Waals surface area contributed by atoms with E-state index in [2.05, 4.69) is 14.4 Å². The van der Waals surface area contributed by atoms with E-state index < -0.39 is 20.0 Å². The van der Waals surface area contributed by atoms with Gasteiger partial charge in [0.2, 0.25) is 10.0 Å². The minimum absolute atomic E-state index is 0.00357. The van der Waals surface area contributed by atoms with Gasteiger partial charge in [0.1, 0.15) is 5.15 Å². The third-order valence-electron chi connectivity index (χ3n) is 3.75. The number of benzene rings is 2. The number of aromatic nitrogens is 1. The van der Waals surface area contributed by atoms with Gasteiger partial charge in [-0.25, -0.2) is 26.5 Å². The molecule has 1 aromatic heterocycles. The van der Waals surface area contributed by atoms with Gasteiger partial charge in [-0.15, -0.1) is 0 Å². The zero-order chi connectivity index (χ0) is 19.7. The van der Waals surface area contributed by atoms with Gasteiger partial charge in [-0.2, -0.15) is 0 Å². The smallest absolute Gasteiger partial charge is 0.261 e. The molecule has 2 N–H and O–H groups in total. The highest BCUT2D eigenvalue weighted by Gasteiger charge is 2.17. The van der Waals surface area contributed by atoms with E-state index in [1.165, 1.54) is 30.5 Å². The predicted octanol–water partition coefficient (Wildman–Crippen LogP) is 2.99. The molecule has 3 aromatic rings. The molecule has 7 nitrogen and oxygen atoms in total. The molecule has 0 aliphatic rings. The Morgan fingerprint density at radius 2 is 1.56 bits per heavy atom. The second-order valence-corrected chi connectivity index (χ2v) is 9.42. The van der Waals surface area contributed by atoms with Gasteiger partial charge in [-0.1, -0.05) is 18.5 Å². The number of fused-ring (bicyclic) bond motifs is 1. The van der Waals surface area contributed by atoms with Gasteiger partial charge in [-0.05, 0) is 53.9 Å². The van der Waals surface area contributed by atoms with Gasteiger partial charge >= 0.3 is 0 Å². The fraction of sp³-hybridized carbons (Fsp3) is 0.118. The Morgan fingerprint density at radius 3 is 2.19 bits per heavy atom. The molecular weight excluding hydrogens is 410 g/mol. The van der Waals surface area contributed by atoms with Gasteiger partial charge < -0.3 is 0 Å². The molecule has 0 fully saturated rings. The van der Waals surface area contributed by atoms with Crippen LogP contribution in [0.25, 0.3) is 10.8 Å². The van der Waals surface area contributed by atoms with E-state index in [0.29, 0.717) is 16.2 Å². The van der Waals surface area contributed by atoms with E-state index in [4.69, 9.17) is 11.6 Å². The van der Waals surface area contributed by atoms with E-state index >= 15 is 0 Å². The van der Waals surface area contributed by atoms with Crippen LogP contribution in [0, 0.1) is 0 Å². The third kappa shape index (κ3) is 4.22. The van der Waals surface area contributed by atoms with Gasteiger partial charge in [0.05, 0.1) is 9.79 Å². The summed E-state index contributed by atoms with van der Waals surface area (Å²) in [5, 5.41) is 1.78. The molecule has 3 rings (SSSR count). The average molecular weight is 426 g/mol. The van der Waals surface area contributed by atoms with Crippen LogP contribution in [0.15, 0.2) is 64.5 Å². The largest absolute Gasteiger partial charge is 0.280 e. The topological polar surface area (TPSA) is 105 Å². The standard InChI is InChI=1S/C17H16ClN3O4S2/c1-2-20-26(22,23)14-4-6-15(7-5-14)27(24,25)21-13-3-8-16-12(11-13)9-10-19-17(16)18/h3-11,20-21H,2H2,1H3. The summed E-state index contributed by atoms with van der Waals surface area (Å²) in [5.41, 5.74) is 0.356. The van der Waals surface area contributed by atoms with Crippen molar-refractivity contribution in [2.24, 2.45) is 0 Å². The van der Waals surface area contributed by atoms with Gasteiger partial charge in [-0.3, -0.25) is 4.72 Å². The van der Waals surface area contributed by atoms with Crippen LogP contribution >= 0.6 is 11.6 Å². The number of halogens is 1. The zero-order valence-electron chi connectivity index (χ0n) is 14.2. The monoisotopic (exact) mass is 425 g/mol. The lowest BCUT2D eigenvalue weighted by atomic mass is 10.1. The number of hydrogen-bond donors (Lipinski definition) is 2. The molecular formula is C17H16ClN3O4S2. The Morgan fingerprint density at radius 1 is 0.926 bits per heavy atom. The van der Waals surface area contributed by atoms with Crippen LogP contribution in [-0.2, 0) is 20.0 Å². The molecule has 142 valence electrons. The highest BCUT2D eigenvalue weighted by molar-refractivity contribution is 7.92. The van der Waals surface area contributed by atoms with E-state index in [1.807, 2.05) is 0 Å². The minimum atomic E-state index is -3.88. The molecule has 0 amide bonds. The Balaban J connectivity index is 1.89. The van der Waals surface area contributed by atoms with Crippen LogP contribution in [0.4, 0.5) is 5.69 Å². The molecule has 27 heavy (non-hydrogen) atoms. The molecule has 0 aliphatic heterocycles. The quantitative estimate of drug-likeness (QED) is 0.590. The maximum Gasteiger partial charge on any atom is 0.261 e. The number of hydrogen-bond acceptors (Lipinski definition) is 5. The summed E-state index contributed by atoms with van der Waals surface area (Å²) in [6.07, 6.45) is 1.53. The lowest BCUT2D eigenvalue weighted by Crippen LogP contribution is -2.23. The highest BCUT2D eigenvalue weighted by Crippen LogP contribution is 2.25. The third-order valence-corrected chi connectivity index (χ3v) is 7.01. The van der Waals surface area contributed by atoms with Crippen molar-refractivity contribution in [2.45, 2.75) is 16.7 Å². The van der Waals surface area contributed by atoms with E-state index in [1.54, 1.807) is 31.2 Å². The van der Waals surface area contributed by atoms with Gasteiger partial charge in [0.15, 0.2) is 0 Å². The number of nitrogens with one attached hydrogen (secondary N) is 2. The number of anilines is 1. The molecule has 0 unspecified atom stereocenters. The summed E-state index contributed by atoms with van der Waals surface area (Å²) in [5.74, 6) is 0. The van der Waals surface area contributed by atoms with Crippen molar-refractivity contribution in [1.82, 2.24) is 9.71 Å². The van der Waals surface area contributed by atoms with Crippen LogP contribution in [0.2, 0.25) is 5.15 Å². The predicted molar refractivity (Wildman–Crippen MR) is 105 cm³/mol. The first kappa shape index (κ1) is 19.6. The fourth-order valence-electron chi connectivity index (χ4n) is 2.49. The summed E-state index contributed by atoms with van der Waals surface area (Å²) in [7, 11) is -7.52. The van der Waals surface area contributed by atoms with Gasteiger partial charge in [0.25, 0.3) is 10.0 Å². The maximum atomic E-state index is 12.6. The molecule has 0 spiro atoms. The van der Waals surface area contributed by atoms with Crippen LogP contribution in [0.5, 0.6) is 0 Å². The zero-order valence-corrected chi connectivity index (χ0v) is 16.6. The van der Waals surface area contributed by atoms with Crippen molar-refractivity contribution in [3.8, 4) is 0 Å². The number of pyridine rings is 1. The summed E-state index contributed by atoms with van der Waals surface area (Å²) < 4.78 is 53.9. The normalized spacial score (nSPS) is 12.2. The molecule has 0 aliphatic carbocycles. The van der Waals surface area contributed by atoms with Crippen molar-refractivity contribution in [2.75, 3.05) is 11.3 Å². The van der Waals surface area contributed by atoms with Crippen molar-refractivity contribution in [1.29, 1.82) is 0 Å². The van der Waals surface area contributed by atoms with Crippen molar-refractivity contribution in [3.05, 3.63) is 59.9 Å². The van der Waals surface area contributed by atoms with E-state index in [0.717, 1.165) is 5.39 Å². The molecule has 0 saturated carbocycles. The molecule has 2 aromatic carbocycles. The second-order valence-electron chi connectivity index (χ2n) is 5.62. The Kier molecular flexibility index (Phi) is 5.38. The molecule has 0 bridgehead atoms. The number of rotatable bonds is 6. The first-order valence-corrected chi connectivity index (χ1v) is 11.2. The van der Waals surface area contributed by atoms with Crippen LogP contribution in [0.1, 0.15) is 6.92 Å². The van der Waals surface area contributed by atoms with Crippen molar-refractivity contribution >= 4 is 48.1 Å². The fourth-order valence-corrected chi connectivity index (χ4v) is 4.81. The molecule has 0 saturated heterocycles. The first-order chi connectivity index (χ1) is 12.7. The Bertz CT molecular complexity index is 1190. The van der Waals surface area contributed by atoms with Gasteiger partial charge in [0, 0.05) is 23.8 Å². The van der Waals surface area contributed by atoms with Crippen molar-refractivity contribution < 1.29 is 16.8 Å². The molecule has 1 heterocycles. The average Bonchev–Trinajstić information content (AvgIpc) is 2.61.